The lowest BCUT2D eigenvalue weighted by molar-refractivity contribution is 0.248. The Hall–Kier alpha value is -1.50. The molecule has 110 valence electrons. The van der Waals surface area contributed by atoms with E-state index in [1.165, 1.54) is 7.11 Å². The molecule has 0 radical (unpaired) electrons. The molecule has 1 atom stereocenters. The SMILES string of the molecule is COc1c(F)cc(NC(=O)N[C@@H]2CCCSC2)cc1F. The number of urea groups is 1. The van der Waals surface area contributed by atoms with Crippen LogP contribution in [0.3, 0.4) is 0 Å². The first-order valence-corrected chi connectivity index (χ1v) is 7.44. The van der Waals surface area contributed by atoms with E-state index in [4.69, 9.17) is 0 Å². The second kappa shape index (κ2) is 6.78. The lowest BCUT2D eigenvalue weighted by Gasteiger charge is -2.22. The molecular formula is C13H16F2N2O2S. The summed E-state index contributed by atoms with van der Waals surface area (Å²) in [6.07, 6.45) is 1.98. The molecule has 0 spiro atoms. The molecule has 0 aliphatic carbocycles. The number of benzene rings is 1. The minimum atomic E-state index is -0.851. The summed E-state index contributed by atoms with van der Waals surface area (Å²) in [5, 5.41) is 5.22. The van der Waals surface area contributed by atoms with Crippen LogP contribution in [0.4, 0.5) is 19.3 Å². The lowest BCUT2D eigenvalue weighted by atomic mass is 10.2. The van der Waals surface area contributed by atoms with Crippen molar-refractivity contribution in [3.05, 3.63) is 23.8 Å². The van der Waals surface area contributed by atoms with Gasteiger partial charge >= 0.3 is 6.03 Å². The van der Waals surface area contributed by atoms with Crippen molar-refractivity contribution in [2.75, 3.05) is 23.9 Å². The maximum atomic E-state index is 13.5. The van der Waals surface area contributed by atoms with Crippen LogP contribution in [0, 0.1) is 11.6 Å². The molecule has 2 rings (SSSR count). The van der Waals surface area contributed by atoms with E-state index in [0.29, 0.717) is 0 Å². The number of thioether (sulfide) groups is 1. The van der Waals surface area contributed by atoms with Crippen molar-refractivity contribution >= 4 is 23.5 Å². The number of amides is 2. The summed E-state index contributed by atoms with van der Waals surface area (Å²) in [6.45, 7) is 0. The highest BCUT2D eigenvalue weighted by molar-refractivity contribution is 7.99. The van der Waals surface area contributed by atoms with Crippen molar-refractivity contribution < 1.29 is 18.3 Å². The van der Waals surface area contributed by atoms with Crippen LogP contribution in [0.25, 0.3) is 0 Å². The molecule has 1 fully saturated rings. The molecule has 0 bridgehead atoms. The number of carbonyl (C=O) groups excluding carboxylic acids is 1. The molecule has 2 amide bonds. The first-order valence-electron chi connectivity index (χ1n) is 6.28. The average Bonchev–Trinajstić information content (AvgIpc) is 2.39. The highest BCUT2D eigenvalue weighted by atomic mass is 32.2. The van der Waals surface area contributed by atoms with E-state index in [1.807, 2.05) is 0 Å². The van der Waals surface area contributed by atoms with Gasteiger partial charge in [0.25, 0.3) is 0 Å². The van der Waals surface area contributed by atoms with Gasteiger partial charge in [-0.25, -0.2) is 13.6 Å². The van der Waals surface area contributed by atoms with Gasteiger partial charge in [0.05, 0.1) is 7.11 Å². The van der Waals surface area contributed by atoms with Gasteiger partial charge in [0.2, 0.25) is 0 Å². The van der Waals surface area contributed by atoms with Crippen molar-refractivity contribution in [2.24, 2.45) is 0 Å². The monoisotopic (exact) mass is 302 g/mol. The molecule has 1 aromatic carbocycles. The number of rotatable bonds is 3. The van der Waals surface area contributed by atoms with Crippen molar-refractivity contribution in [3.63, 3.8) is 0 Å². The quantitative estimate of drug-likeness (QED) is 0.902. The first kappa shape index (κ1) is 14.9. The summed E-state index contributed by atoms with van der Waals surface area (Å²) in [6, 6.07) is 1.69. The van der Waals surface area contributed by atoms with E-state index in [-0.39, 0.29) is 11.7 Å². The van der Waals surface area contributed by atoms with Crippen molar-refractivity contribution in [1.29, 1.82) is 0 Å². The third-order valence-corrected chi connectivity index (χ3v) is 4.17. The van der Waals surface area contributed by atoms with Crippen molar-refractivity contribution in [3.8, 4) is 5.75 Å². The van der Waals surface area contributed by atoms with Crippen LogP contribution < -0.4 is 15.4 Å². The summed E-state index contributed by atoms with van der Waals surface area (Å²) in [7, 11) is 1.18. The second-order valence-electron chi connectivity index (χ2n) is 4.49. The summed E-state index contributed by atoms with van der Waals surface area (Å²) >= 11 is 1.78. The van der Waals surface area contributed by atoms with Gasteiger partial charge in [0, 0.05) is 29.6 Å². The van der Waals surface area contributed by atoms with Gasteiger partial charge in [0.1, 0.15) is 0 Å². The fourth-order valence-corrected chi connectivity index (χ4v) is 3.11. The minimum Gasteiger partial charge on any atom is -0.491 e. The summed E-state index contributed by atoms with van der Waals surface area (Å²) in [5.74, 6) is -0.195. The van der Waals surface area contributed by atoms with Crippen LogP contribution in [-0.2, 0) is 0 Å². The van der Waals surface area contributed by atoms with E-state index in [9.17, 15) is 13.6 Å². The lowest BCUT2D eigenvalue weighted by Crippen LogP contribution is -2.40. The van der Waals surface area contributed by atoms with Crippen LogP contribution in [0.1, 0.15) is 12.8 Å². The summed E-state index contributed by atoms with van der Waals surface area (Å²) < 4.78 is 31.5. The number of methoxy groups -OCH3 is 1. The highest BCUT2D eigenvalue weighted by Crippen LogP contribution is 2.25. The largest absolute Gasteiger partial charge is 0.491 e. The number of hydrogen-bond acceptors (Lipinski definition) is 3. The first-order chi connectivity index (χ1) is 9.60. The highest BCUT2D eigenvalue weighted by Gasteiger charge is 2.17. The number of hydrogen-bond donors (Lipinski definition) is 2. The Morgan fingerprint density at radius 1 is 1.40 bits per heavy atom. The van der Waals surface area contributed by atoms with Crippen LogP contribution in [0.2, 0.25) is 0 Å². The molecule has 1 heterocycles. The zero-order chi connectivity index (χ0) is 14.5. The fraction of sp³-hybridized carbons (Fsp3) is 0.462. The number of nitrogens with one attached hydrogen (secondary N) is 2. The Bertz CT molecular complexity index is 470. The van der Waals surface area contributed by atoms with Gasteiger partial charge in [-0.1, -0.05) is 0 Å². The molecule has 0 aromatic heterocycles. The van der Waals surface area contributed by atoms with E-state index >= 15 is 0 Å². The maximum Gasteiger partial charge on any atom is 0.319 e. The molecule has 0 saturated carbocycles. The Labute approximate surface area is 120 Å². The van der Waals surface area contributed by atoms with Crippen LogP contribution in [0.15, 0.2) is 12.1 Å². The van der Waals surface area contributed by atoms with E-state index < -0.39 is 23.4 Å². The van der Waals surface area contributed by atoms with E-state index in [1.54, 1.807) is 11.8 Å². The Morgan fingerprint density at radius 3 is 2.65 bits per heavy atom. The summed E-state index contributed by atoms with van der Waals surface area (Å²) in [4.78, 5) is 11.8. The van der Waals surface area contributed by atoms with Crippen molar-refractivity contribution in [2.45, 2.75) is 18.9 Å². The fourth-order valence-electron chi connectivity index (χ4n) is 2.03. The predicted octanol–water partition coefficient (Wildman–Crippen LogP) is 2.99. The number of anilines is 1. The predicted molar refractivity (Wildman–Crippen MR) is 75.4 cm³/mol. The summed E-state index contributed by atoms with van der Waals surface area (Å²) in [5.41, 5.74) is 0.0572. The molecular weight excluding hydrogens is 286 g/mol. The zero-order valence-corrected chi connectivity index (χ0v) is 11.9. The molecule has 1 aromatic rings. The van der Waals surface area contributed by atoms with Crippen LogP contribution >= 0.6 is 11.8 Å². The maximum absolute atomic E-state index is 13.5. The van der Waals surface area contributed by atoms with Gasteiger partial charge < -0.3 is 15.4 Å². The van der Waals surface area contributed by atoms with Gasteiger partial charge in [-0.2, -0.15) is 11.8 Å². The van der Waals surface area contributed by atoms with Gasteiger partial charge in [-0.3, -0.25) is 0 Å². The third kappa shape index (κ3) is 3.75. The molecule has 7 heteroatoms. The normalized spacial score (nSPS) is 18.4. The molecule has 20 heavy (non-hydrogen) atoms. The van der Waals surface area contributed by atoms with Gasteiger partial charge in [0.15, 0.2) is 17.4 Å². The number of ether oxygens (including phenoxy) is 1. The molecule has 0 unspecified atom stereocenters. The number of halogens is 2. The van der Waals surface area contributed by atoms with Gasteiger partial charge in [-0.05, 0) is 18.6 Å². The van der Waals surface area contributed by atoms with E-state index in [2.05, 4.69) is 15.4 Å². The Morgan fingerprint density at radius 2 is 2.10 bits per heavy atom. The molecule has 1 aliphatic heterocycles. The third-order valence-electron chi connectivity index (χ3n) is 2.96. The Kier molecular flexibility index (Phi) is 5.05. The molecule has 2 N–H and O–H groups in total. The second-order valence-corrected chi connectivity index (χ2v) is 5.64. The Balaban J connectivity index is 1.97. The van der Waals surface area contributed by atoms with Crippen LogP contribution in [-0.4, -0.2) is 30.7 Å². The average molecular weight is 302 g/mol. The topological polar surface area (TPSA) is 50.4 Å². The van der Waals surface area contributed by atoms with Gasteiger partial charge in [-0.15, -0.1) is 0 Å². The molecule has 1 aliphatic rings. The van der Waals surface area contributed by atoms with E-state index in [0.717, 1.165) is 36.5 Å². The smallest absolute Gasteiger partial charge is 0.319 e. The standard InChI is InChI=1S/C13H16F2N2O2S/c1-19-12-10(14)5-9(6-11(12)15)17-13(18)16-8-3-2-4-20-7-8/h5-6,8H,2-4,7H2,1H3,(H2,16,17,18)/t8-/m1/s1. The van der Waals surface area contributed by atoms with Crippen molar-refractivity contribution in [1.82, 2.24) is 5.32 Å². The van der Waals surface area contributed by atoms with Crippen LogP contribution in [0.5, 0.6) is 5.75 Å². The molecule has 4 nitrogen and oxygen atoms in total. The minimum absolute atomic E-state index is 0.0572. The number of carbonyl (C=O) groups is 1. The zero-order valence-electron chi connectivity index (χ0n) is 11.0. The molecule has 1 saturated heterocycles.